The van der Waals surface area contributed by atoms with Crippen LogP contribution < -0.4 is 11.2 Å². The normalized spacial score (nSPS) is 13.7. The number of nitrogens with two attached hydrogens (primary N) is 1. The third-order valence-electron chi connectivity index (χ3n) is 1.54. The molecule has 0 aliphatic carbocycles. The summed E-state index contributed by atoms with van der Waals surface area (Å²) in [6.07, 6.45) is 0. The lowest BCUT2D eigenvalue weighted by Gasteiger charge is -2.20. The predicted molar refractivity (Wildman–Crippen MR) is 52.9 cm³/mol. The number of rotatable bonds is 4. The van der Waals surface area contributed by atoms with Crippen molar-refractivity contribution in [3.63, 3.8) is 0 Å². The van der Waals surface area contributed by atoms with Gasteiger partial charge in [-0.2, -0.15) is 0 Å². The van der Waals surface area contributed by atoms with E-state index in [0.29, 0.717) is 6.54 Å². The quantitative estimate of drug-likeness (QED) is 0.682. The lowest BCUT2D eigenvalue weighted by atomic mass is 10.2. The van der Waals surface area contributed by atoms with Crippen LogP contribution in [-0.2, 0) is 0 Å². The van der Waals surface area contributed by atoms with Gasteiger partial charge < -0.3 is 5.73 Å². The Bertz CT molecular complexity index is 208. The van der Waals surface area contributed by atoms with Crippen LogP contribution in [0.25, 0.3) is 0 Å². The van der Waals surface area contributed by atoms with Gasteiger partial charge in [-0.15, -0.1) is 11.3 Å². The molecule has 1 aromatic heterocycles. The molecule has 3 N–H and O–H groups in total. The lowest BCUT2D eigenvalue weighted by Crippen LogP contribution is -2.37. The van der Waals surface area contributed by atoms with E-state index in [1.807, 2.05) is 25.2 Å². The molecule has 0 bridgehead atoms. The van der Waals surface area contributed by atoms with Crippen molar-refractivity contribution in [2.75, 3.05) is 20.6 Å². The van der Waals surface area contributed by atoms with Crippen molar-refractivity contribution < 1.29 is 0 Å². The van der Waals surface area contributed by atoms with Crippen LogP contribution in [0.15, 0.2) is 17.5 Å². The molecule has 1 rings (SSSR count). The minimum Gasteiger partial charge on any atom is -0.329 e. The predicted octanol–water partition coefficient (Wildman–Crippen LogP) is 0.814. The van der Waals surface area contributed by atoms with E-state index in [2.05, 4.69) is 16.9 Å². The smallest absolute Gasteiger partial charge is 0.0679 e. The van der Waals surface area contributed by atoms with Gasteiger partial charge in [0, 0.05) is 25.5 Å². The summed E-state index contributed by atoms with van der Waals surface area (Å²) < 4.78 is 0. The molecule has 0 aliphatic rings. The second-order valence-electron chi connectivity index (χ2n) is 2.83. The summed E-state index contributed by atoms with van der Waals surface area (Å²) in [7, 11) is 3.94. The molecule has 0 saturated carbocycles. The number of hydrogen-bond donors (Lipinski definition) is 2. The van der Waals surface area contributed by atoms with Crippen LogP contribution in [0.1, 0.15) is 10.9 Å². The zero-order valence-corrected chi connectivity index (χ0v) is 8.27. The summed E-state index contributed by atoms with van der Waals surface area (Å²) >= 11 is 1.73. The summed E-state index contributed by atoms with van der Waals surface area (Å²) in [5.41, 5.74) is 8.88. The Morgan fingerprint density at radius 2 is 2.42 bits per heavy atom. The maximum Gasteiger partial charge on any atom is 0.0679 e. The van der Waals surface area contributed by atoms with Crippen LogP contribution in [0.2, 0.25) is 0 Å². The molecule has 0 fully saturated rings. The molecule has 0 amide bonds. The van der Waals surface area contributed by atoms with Gasteiger partial charge in [0.15, 0.2) is 0 Å². The van der Waals surface area contributed by atoms with Gasteiger partial charge in [-0.3, -0.25) is 0 Å². The van der Waals surface area contributed by atoms with Crippen molar-refractivity contribution in [3.05, 3.63) is 22.4 Å². The van der Waals surface area contributed by atoms with E-state index in [1.54, 1.807) is 11.3 Å². The molecule has 0 spiro atoms. The zero-order chi connectivity index (χ0) is 8.97. The van der Waals surface area contributed by atoms with Gasteiger partial charge in [0.1, 0.15) is 0 Å². The molecule has 1 atom stereocenters. The topological polar surface area (TPSA) is 41.3 Å². The van der Waals surface area contributed by atoms with Gasteiger partial charge >= 0.3 is 0 Å². The lowest BCUT2D eigenvalue weighted by molar-refractivity contribution is 0.247. The van der Waals surface area contributed by atoms with Gasteiger partial charge in [-0.05, 0) is 11.4 Å². The fraction of sp³-hybridized carbons (Fsp3) is 0.500. The molecule has 0 saturated heterocycles. The molecule has 1 heterocycles. The number of thiophene rings is 1. The van der Waals surface area contributed by atoms with E-state index in [9.17, 15) is 0 Å². The fourth-order valence-electron chi connectivity index (χ4n) is 1.03. The number of nitrogens with zero attached hydrogens (tertiary/aromatic N) is 1. The Hall–Kier alpha value is -0.420. The summed E-state index contributed by atoms with van der Waals surface area (Å²) in [6.45, 7) is 0.624. The van der Waals surface area contributed by atoms with Crippen LogP contribution in [0, 0.1) is 0 Å². The highest BCUT2D eigenvalue weighted by molar-refractivity contribution is 7.10. The average Bonchev–Trinajstić information content (AvgIpc) is 2.51. The maximum absolute atomic E-state index is 5.63. The Morgan fingerprint density at radius 3 is 2.83 bits per heavy atom. The first-order valence-electron chi connectivity index (χ1n) is 3.91. The molecular weight excluding hydrogens is 170 g/mol. The molecule has 0 aromatic carbocycles. The van der Waals surface area contributed by atoms with E-state index in [4.69, 9.17) is 5.73 Å². The van der Waals surface area contributed by atoms with Gasteiger partial charge in [-0.1, -0.05) is 6.07 Å². The van der Waals surface area contributed by atoms with Crippen molar-refractivity contribution in [3.8, 4) is 0 Å². The summed E-state index contributed by atoms with van der Waals surface area (Å²) in [6, 6.07) is 4.39. The Labute approximate surface area is 77.2 Å². The van der Waals surface area contributed by atoms with E-state index < -0.39 is 0 Å². The first-order valence-corrected chi connectivity index (χ1v) is 4.79. The highest BCUT2D eigenvalue weighted by atomic mass is 32.1. The minimum atomic E-state index is 0.250. The first kappa shape index (κ1) is 9.67. The summed E-state index contributed by atoms with van der Waals surface area (Å²) in [5.74, 6) is 0. The van der Waals surface area contributed by atoms with Crippen molar-refractivity contribution in [1.82, 2.24) is 10.4 Å². The molecule has 68 valence electrons. The standard InChI is InChI=1S/C8H15N3S/c1-11(2)10-7(6-9)8-4-3-5-12-8/h3-5,7,10H,6,9H2,1-2H3. The average molecular weight is 185 g/mol. The molecule has 1 aromatic rings. The SMILES string of the molecule is CN(C)NC(CN)c1cccs1. The number of hydrazine groups is 1. The van der Waals surface area contributed by atoms with Gasteiger partial charge in [-0.25, -0.2) is 10.4 Å². The van der Waals surface area contributed by atoms with Crippen LogP contribution in [0.4, 0.5) is 0 Å². The molecule has 0 radical (unpaired) electrons. The number of hydrogen-bond acceptors (Lipinski definition) is 4. The largest absolute Gasteiger partial charge is 0.329 e. The minimum absolute atomic E-state index is 0.250. The van der Waals surface area contributed by atoms with Gasteiger partial charge in [0.25, 0.3) is 0 Å². The Morgan fingerprint density at radius 1 is 1.67 bits per heavy atom. The number of nitrogens with one attached hydrogen (secondary N) is 1. The van der Waals surface area contributed by atoms with E-state index in [1.165, 1.54) is 4.88 Å². The molecule has 0 aliphatic heterocycles. The first-order chi connectivity index (χ1) is 5.74. The van der Waals surface area contributed by atoms with Gasteiger partial charge in [0.2, 0.25) is 0 Å². The molecule has 3 nitrogen and oxygen atoms in total. The van der Waals surface area contributed by atoms with Crippen LogP contribution >= 0.6 is 11.3 Å². The molecule has 12 heavy (non-hydrogen) atoms. The molecule has 1 unspecified atom stereocenters. The second kappa shape index (κ2) is 4.57. The van der Waals surface area contributed by atoms with E-state index in [-0.39, 0.29) is 6.04 Å². The monoisotopic (exact) mass is 185 g/mol. The van der Waals surface area contributed by atoms with Crippen LogP contribution in [-0.4, -0.2) is 25.6 Å². The van der Waals surface area contributed by atoms with Gasteiger partial charge in [0.05, 0.1) is 6.04 Å². The fourth-order valence-corrected chi connectivity index (χ4v) is 1.82. The maximum atomic E-state index is 5.63. The zero-order valence-electron chi connectivity index (χ0n) is 7.45. The third-order valence-corrected chi connectivity index (χ3v) is 2.52. The van der Waals surface area contributed by atoms with Crippen molar-refractivity contribution in [2.45, 2.75) is 6.04 Å². The van der Waals surface area contributed by atoms with E-state index >= 15 is 0 Å². The van der Waals surface area contributed by atoms with Crippen LogP contribution in [0.3, 0.4) is 0 Å². The second-order valence-corrected chi connectivity index (χ2v) is 3.81. The Kier molecular flexibility index (Phi) is 3.68. The molecular formula is C8H15N3S. The van der Waals surface area contributed by atoms with E-state index in [0.717, 1.165) is 0 Å². The highest BCUT2D eigenvalue weighted by Crippen LogP contribution is 2.17. The third kappa shape index (κ3) is 2.57. The van der Waals surface area contributed by atoms with Crippen LogP contribution in [0.5, 0.6) is 0 Å². The summed E-state index contributed by atoms with van der Waals surface area (Å²) in [5, 5.41) is 3.99. The van der Waals surface area contributed by atoms with Crippen molar-refractivity contribution in [1.29, 1.82) is 0 Å². The van der Waals surface area contributed by atoms with Crippen molar-refractivity contribution >= 4 is 11.3 Å². The summed E-state index contributed by atoms with van der Waals surface area (Å²) in [4.78, 5) is 1.28. The van der Waals surface area contributed by atoms with Crippen molar-refractivity contribution in [2.24, 2.45) is 5.73 Å². The highest BCUT2D eigenvalue weighted by Gasteiger charge is 2.09. The molecule has 4 heteroatoms. The Balaban J connectivity index is 2.57.